The maximum atomic E-state index is 5.91. The lowest BCUT2D eigenvalue weighted by atomic mass is 9.98. The number of aromatic nitrogens is 1. The molecule has 1 fully saturated rings. The second-order valence-electron chi connectivity index (χ2n) is 5.19. The molecule has 1 atom stereocenters. The van der Waals surface area contributed by atoms with E-state index in [0.29, 0.717) is 17.8 Å². The van der Waals surface area contributed by atoms with Crippen LogP contribution in [0.5, 0.6) is 0 Å². The molecule has 1 unspecified atom stereocenters. The SMILES string of the molecule is CC(C)C(C)CNc1snc(N)c1C1CC1. The van der Waals surface area contributed by atoms with Crippen LogP contribution < -0.4 is 11.1 Å². The third-order valence-corrected chi connectivity index (χ3v) is 4.30. The van der Waals surface area contributed by atoms with Crippen LogP contribution >= 0.6 is 11.5 Å². The lowest BCUT2D eigenvalue weighted by Gasteiger charge is -2.16. The molecule has 1 aromatic heterocycles. The van der Waals surface area contributed by atoms with Crippen molar-refractivity contribution in [3.05, 3.63) is 5.56 Å². The van der Waals surface area contributed by atoms with Gasteiger partial charge in [0.2, 0.25) is 0 Å². The molecule has 1 aliphatic carbocycles. The summed E-state index contributed by atoms with van der Waals surface area (Å²) in [4.78, 5) is 0. The van der Waals surface area contributed by atoms with Crippen LogP contribution in [0.4, 0.5) is 10.8 Å². The van der Waals surface area contributed by atoms with Crippen LogP contribution in [0.1, 0.15) is 45.1 Å². The van der Waals surface area contributed by atoms with Crippen molar-refractivity contribution in [2.45, 2.75) is 39.5 Å². The van der Waals surface area contributed by atoms with E-state index in [0.717, 1.165) is 12.4 Å². The lowest BCUT2D eigenvalue weighted by Crippen LogP contribution is -2.16. The number of nitrogen functional groups attached to an aromatic ring is 1. The fourth-order valence-electron chi connectivity index (χ4n) is 1.69. The van der Waals surface area contributed by atoms with E-state index >= 15 is 0 Å². The highest BCUT2D eigenvalue weighted by Gasteiger charge is 2.30. The second kappa shape index (κ2) is 4.62. The summed E-state index contributed by atoms with van der Waals surface area (Å²) in [5.74, 6) is 2.81. The molecule has 0 aliphatic heterocycles. The topological polar surface area (TPSA) is 50.9 Å². The van der Waals surface area contributed by atoms with Crippen molar-refractivity contribution in [3.8, 4) is 0 Å². The van der Waals surface area contributed by atoms with Gasteiger partial charge in [0.05, 0.1) is 0 Å². The highest BCUT2D eigenvalue weighted by Crippen LogP contribution is 2.47. The number of anilines is 2. The Bertz CT molecular complexity index is 355. The zero-order valence-corrected chi connectivity index (χ0v) is 11.1. The number of nitrogens with zero attached hydrogens (tertiary/aromatic N) is 1. The predicted octanol–water partition coefficient (Wildman–Crippen LogP) is 3.31. The van der Waals surface area contributed by atoms with Gasteiger partial charge < -0.3 is 11.1 Å². The van der Waals surface area contributed by atoms with Gasteiger partial charge in [0, 0.05) is 12.1 Å². The first-order valence-corrected chi connectivity index (χ1v) is 6.85. The van der Waals surface area contributed by atoms with Crippen LogP contribution in [-0.2, 0) is 0 Å². The van der Waals surface area contributed by atoms with Crippen molar-refractivity contribution in [2.75, 3.05) is 17.6 Å². The third-order valence-electron chi connectivity index (χ3n) is 3.46. The number of hydrogen-bond donors (Lipinski definition) is 2. The van der Waals surface area contributed by atoms with E-state index in [1.54, 1.807) is 0 Å². The second-order valence-corrected chi connectivity index (χ2v) is 5.96. The van der Waals surface area contributed by atoms with E-state index in [-0.39, 0.29) is 0 Å². The smallest absolute Gasteiger partial charge is 0.142 e. The summed E-state index contributed by atoms with van der Waals surface area (Å²) in [6.45, 7) is 7.81. The van der Waals surface area contributed by atoms with E-state index < -0.39 is 0 Å². The summed E-state index contributed by atoms with van der Waals surface area (Å²) in [6.07, 6.45) is 2.55. The number of nitrogens with one attached hydrogen (secondary N) is 1. The molecule has 3 nitrogen and oxygen atoms in total. The van der Waals surface area contributed by atoms with Crippen LogP contribution in [0, 0.1) is 11.8 Å². The first-order chi connectivity index (χ1) is 7.59. The number of rotatable bonds is 5. The molecule has 1 saturated carbocycles. The maximum Gasteiger partial charge on any atom is 0.142 e. The Hall–Kier alpha value is -0.770. The van der Waals surface area contributed by atoms with Gasteiger partial charge in [0.1, 0.15) is 10.8 Å². The van der Waals surface area contributed by atoms with Gasteiger partial charge in [0.15, 0.2) is 0 Å². The van der Waals surface area contributed by atoms with E-state index in [1.165, 1.54) is 34.9 Å². The standard InChI is InChI=1S/C12H21N3S/c1-7(2)8(3)6-14-12-10(9-4-5-9)11(13)15-16-12/h7-9,14H,4-6H2,1-3H3,(H2,13,15). The normalized spacial score (nSPS) is 17.8. The molecule has 0 radical (unpaired) electrons. The molecule has 16 heavy (non-hydrogen) atoms. The van der Waals surface area contributed by atoms with Crippen molar-refractivity contribution >= 4 is 22.4 Å². The average molecular weight is 239 g/mol. The molecule has 0 saturated heterocycles. The Kier molecular flexibility index (Phi) is 3.38. The van der Waals surface area contributed by atoms with Gasteiger partial charge in [-0.2, -0.15) is 4.37 Å². The summed E-state index contributed by atoms with van der Waals surface area (Å²) in [6, 6.07) is 0. The van der Waals surface area contributed by atoms with Gasteiger partial charge in [-0.3, -0.25) is 0 Å². The van der Waals surface area contributed by atoms with Crippen LogP contribution in [0.2, 0.25) is 0 Å². The van der Waals surface area contributed by atoms with E-state index in [9.17, 15) is 0 Å². The molecule has 1 aromatic rings. The molecular weight excluding hydrogens is 218 g/mol. The molecule has 0 amide bonds. The zero-order valence-electron chi connectivity index (χ0n) is 10.3. The average Bonchev–Trinajstić information content (AvgIpc) is 3.00. The largest absolute Gasteiger partial charge is 0.383 e. The monoisotopic (exact) mass is 239 g/mol. The Labute approximate surface area is 102 Å². The van der Waals surface area contributed by atoms with E-state index in [2.05, 4.69) is 30.5 Å². The van der Waals surface area contributed by atoms with Gasteiger partial charge >= 0.3 is 0 Å². The molecule has 3 N–H and O–H groups in total. The van der Waals surface area contributed by atoms with Crippen molar-refractivity contribution in [1.82, 2.24) is 4.37 Å². The van der Waals surface area contributed by atoms with Gasteiger partial charge in [-0.15, -0.1) is 0 Å². The Morgan fingerprint density at radius 3 is 2.69 bits per heavy atom. The molecule has 90 valence electrons. The number of hydrogen-bond acceptors (Lipinski definition) is 4. The summed E-state index contributed by atoms with van der Waals surface area (Å²) in [5, 5.41) is 4.71. The Morgan fingerprint density at radius 1 is 1.44 bits per heavy atom. The summed E-state index contributed by atoms with van der Waals surface area (Å²) >= 11 is 1.51. The van der Waals surface area contributed by atoms with Crippen molar-refractivity contribution < 1.29 is 0 Å². The van der Waals surface area contributed by atoms with Crippen LogP contribution in [0.25, 0.3) is 0 Å². The number of nitrogens with two attached hydrogens (primary N) is 1. The first kappa shape index (κ1) is 11.7. The molecule has 2 rings (SSSR count). The van der Waals surface area contributed by atoms with E-state index in [1.807, 2.05) is 0 Å². The van der Waals surface area contributed by atoms with Crippen molar-refractivity contribution in [1.29, 1.82) is 0 Å². The molecule has 0 spiro atoms. The first-order valence-electron chi connectivity index (χ1n) is 6.08. The van der Waals surface area contributed by atoms with Gasteiger partial charge in [-0.05, 0) is 42.1 Å². The molecule has 1 heterocycles. The third kappa shape index (κ3) is 2.48. The Balaban J connectivity index is 1.99. The lowest BCUT2D eigenvalue weighted by molar-refractivity contribution is 0.440. The molecule has 4 heteroatoms. The van der Waals surface area contributed by atoms with E-state index in [4.69, 9.17) is 5.73 Å². The van der Waals surface area contributed by atoms with Crippen LogP contribution in [0.3, 0.4) is 0 Å². The summed E-state index contributed by atoms with van der Waals surface area (Å²) in [7, 11) is 0. The van der Waals surface area contributed by atoms with Crippen LogP contribution in [-0.4, -0.2) is 10.9 Å². The molecule has 1 aliphatic rings. The van der Waals surface area contributed by atoms with Crippen molar-refractivity contribution in [3.63, 3.8) is 0 Å². The minimum atomic E-state index is 0.676. The van der Waals surface area contributed by atoms with Crippen LogP contribution in [0.15, 0.2) is 0 Å². The molecule has 0 aromatic carbocycles. The highest BCUT2D eigenvalue weighted by molar-refractivity contribution is 7.10. The highest BCUT2D eigenvalue weighted by atomic mass is 32.1. The fourth-order valence-corrected chi connectivity index (χ4v) is 2.50. The minimum absolute atomic E-state index is 0.676. The molecule has 0 bridgehead atoms. The van der Waals surface area contributed by atoms with Gasteiger partial charge in [-0.25, -0.2) is 0 Å². The zero-order chi connectivity index (χ0) is 11.7. The van der Waals surface area contributed by atoms with Crippen molar-refractivity contribution in [2.24, 2.45) is 11.8 Å². The Morgan fingerprint density at radius 2 is 2.12 bits per heavy atom. The quantitative estimate of drug-likeness (QED) is 0.829. The van der Waals surface area contributed by atoms with Gasteiger partial charge in [-0.1, -0.05) is 20.8 Å². The maximum absolute atomic E-state index is 5.91. The minimum Gasteiger partial charge on any atom is -0.383 e. The molecular formula is C12H21N3S. The summed E-state index contributed by atoms with van der Waals surface area (Å²) in [5.41, 5.74) is 7.19. The summed E-state index contributed by atoms with van der Waals surface area (Å²) < 4.78 is 4.26. The predicted molar refractivity (Wildman–Crippen MR) is 71.0 cm³/mol. The van der Waals surface area contributed by atoms with Gasteiger partial charge in [0.25, 0.3) is 0 Å². The fraction of sp³-hybridized carbons (Fsp3) is 0.750.